The predicted molar refractivity (Wildman–Crippen MR) is 99.1 cm³/mol. The number of hydrogen-bond donors (Lipinski definition) is 1. The fourth-order valence-electron chi connectivity index (χ4n) is 2.50. The molecule has 0 bridgehead atoms. The lowest BCUT2D eigenvalue weighted by Crippen LogP contribution is -2.44. The molecule has 1 aliphatic heterocycles. The minimum absolute atomic E-state index is 0.0979. The normalized spacial score (nSPS) is 16.2. The van der Waals surface area contributed by atoms with E-state index in [9.17, 15) is 9.00 Å². The van der Waals surface area contributed by atoms with Crippen molar-refractivity contribution in [1.82, 2.24) is 9.62 Å². The lowest BCUT2D eigenvalue weighted by molar-refractivity contribution is -0.132. The van der Waals surface area contributed by atoms with E-state index in [1.54, 1.807) is 17.0 Å². The van der Waals surface area contributed by atoms with Crippen LogP contribution in [0.3, 0.4) is 0 Å². The van der Waals surface area contributed by atoms with E-state index in [1.807, 2.05) is 40.7 Å². The second-order valence-electron chi connectivity index (χ2n) is 6.85. The molecule has 1 amide bonds. The molecule has 1 aromatic rings. The van der Waals surface area contributed by atoms with E-state index in [1.165, 1.54) is 0 Å². The van der Waals surface area contributed by atoms with Crippen molar-refractivity contribution >= 4 is 16.9 Å². The highest BCUT2D eigenvalue weighted by Crippen LogP contribution is 2.33. The molecule has 0 spiro atoms. The number of hydrogen-bond acceptors (Lipinski definition) is 4. The lowest BCUT2D eigenvalue weighted by Gasteiger charge is -2.29. The van der Waals surface area contributed by atoms with E-state index >= 15 is 0 Å². The van der Waals surface area contributed by atoms with Crippen LogP contribution in [0.2, 0.25) is 0 Å². The molecular weight excluding hydrogens is 340 g/mol. The molecule has 25 heavy (non-hydrogen) atoms. The summed E-state index contributed by atoms with van der Waals surface area (Å²) < 4.78 is 26.3. The molecule has 1 N–H and O–H groups in total. The monoisotopic (exact) mass is 368 g/mol. The Morgan fingerprint density at radius 3 is 2.36 bits per heavy atom. The standard InChI is InChI=1S/C18H28N2O4S/c1-6-20(7-2)17(21)16(19-25(22)18(3,4)5)13-8-9-14-15(12-13)24-11-10-23-14/h8-9,12,16,19H,6-7,10-11H2,1-5H3/t16-,25+/m1/s1. The van der Waals surface area contributed by atoms with Crippen LogP contribution >= 0.6 is 0 Å². The maximum Gasteiger partial charge on any atom is 0.245 e. The van der Waals surface area contributed by atoms with Gasteiger partial charge in [-0.25, -0.2) is 8.93 Å². The number of likely N-dealkylation sites (N-methyl/N-ethyl adjacent to an activating group) is 1. The number of carbonyl (C=O) groups excluding carboxylic acids is 1. The highest BCUT2D eigenvalue weighted by molar-refractivity contribution is 7.84. The van der Waals surface area contributed by atoms with Crippen LogP contribution in [-0.2, 0) is 15.8 Å². The second-order valence-corrected chi connectivity index (χ2v) is 8.84. The minimum atomic E-state index is -1.38. The minimum Gasteiger partial charge on any atom is -0.486 e. The quantitative estimate of drug-likeness (QED) is 0.837. The molecule has 1 aliphatic rings. The maximum atomic E-state index is 13.0. The summed E-state index contributed by atoms with van der Waals surface area (Å²) in [6.07, 6.45) is 0. The van der Waals surface area contributed by atoms with E-state index in [0.29, 0.717) is 37.8 Å². The highest BCUT2D eigenvalue weighted by atomic mass is 32.2. The number of fused-ring (bicyclic) bond motifs is 1. The molecule has 0 aromatic heterocycles. The first-order valence-electron chi connectivity index (χ1n) is 8.64. The number of nitrogens with zero attached hydrogens (tertiary/aromatic N) is 1. The van der Waals surface area contributed by atoms with Gasteiger partial charge in [-0.1, -0.05) is 6.07 Å². The molecular formula is C18H28N2O4S. The molecule has 1 aromatic carbocycles. The van der Waals surface area contributed by atoms with E-state index in [2.05, 4.69) is 4.72 Å². The predicted octanol–water partition coefficient (Wildman–Crippen LogP) is 2.42. The van der Waals surface area contributed by atoms with Crippen LogP contribution in [-0.4, -0.2) is 46.1 Å². The molecule has 140 valence electrons. The number of benzene rings is 1. The average Bonchev–Trinajstić information content (AvgIpc) is 2.59. The molecule has 2 rings (SSSR count). The van der Waals surface area contributed by atoms with Gasteiger partial charge in [-0.05, 0) is 52.3 Å². The third kappa shape index (κ3) is 4.73. The summed E-state index contributed by atoms with van der Waals surface area (Å²) in [7, 11) is -1.38. The van der Waals surface area contributed by atoms with Crippen LogP contribution in [0.25, 0.3) is 0 Å². The van der Waals surface area contributed by atoms with Gasteiger partial charge in [0.1, 0.15) is 19.3 Å². The number of nitrogens with one attached hydrogen (secondary N) is 1. The van der Waals surface area contributed by atoms with Gasteiger partial charge < -0.3 is 14.4 Å². The summed E-state index contributed by atoms with van der Waals surface area (Å²) in [6.45, 7) is 11.7. The van der Waals surface area contributed by atoms with Crippen molar-refractivity contribution in [2.75, 3.05) is 26.3 Å². The second kappa shape index (κ2) is 8.19. The van der Waals surface area contributed by atoms with Crippen molar-refractivity contribution in [3.8, 4) is 11.5 Å². The first-order chi connectivity index (χ1) is 11.8. The SMILES string of the molecule is CCN(CC)C(=O)[C@H](N[S@@](=O)C(C)(C)C)c1ccc2c(c1)OCCO2. The fourth-order valence-corrected chi connectivity index (χ4v) is 3.31. The van der Waals surface area contributed by atoms with Gasteiger partial charge in [0.15, 0.2) is 11.5 Å². The van der Waals surface area contributed by atoms with E-state index in [4.69, 9.17) is 9.47 Å². The van der Waals surface area contributed by atoms with Gasteiger partial charge >= 0.3 is 0 Å². The Morgan fingerprint density at radius 2 is 1.80 bits per heavy atom. The summed E-state index contributed by atoms with van der Waals surface area (Å²) in [5, 5.41) is 0. The van der Waals surface area contributed by atoms with Gasteiger partial charge in [-0.15, -0.1) is 0 Å². The molecule has 6 nitrogen and oxygen atoms in total. The Hall–Kier alpha value is -1.60. The van der Waals surface area contributed by atoms with Crippen LogP contribution in [0, 0.1) is 0 Å². The Bertz CT molecular complexity index is 638. The van der Waals surface area contributed by atoms with Gasteiger partial charge in [0, 0.05) is 13.1 Å². The zero-order valence-corrected chi connectivity index (χ0v) is 16.4. The fraction of sp³-hybridized carbons (Fsp3) is 0.611. The van der Waals surface area contributed by atoms with Crippen LogP contribution in [0.1, 0.15) is 46.2 Å². The lowest BCUT2D eigenvalue weighted by atomic mass is 10.1. The van der Waals surface area contributed by atoms with Gasteiger partial charge in [0.2, 0.25) is 5.91 Å². The van der Waals surface area contributed by atoms with Gasteiger partial charge in [0.25, 0.3) is 0 Å². The summed E-state index contributed by atoms with van der Waals surface area (Å²) in [4.78, 5) is 14.7. The molecule has 0 fully saturated rings. The Kier molecular flexibility index (Phi) is 6.46. The third-order valence-electron chi connectivity index (χ3n) is 4.00. The van der Waals surface area contributed by atoms with E-state index < -0.39 is 21.8 Å². The topological polar surface area (TPSA) is 67.9 Å². The van der Waals surface area contributed by atoms with Crippen LogP contribution in [0.4, 0.5) is 0 Å². The average molecular weight is 368 g/mol. The van der Waals surface area contributed by atoms with Crippen molar-refractivity contribution in [3.05, 3.63) is 23.8 Å². The van der Waals surface area contributed by atoms with Crippen molar-refractivity contribution < 1.29 is 18.5 Å². The molecule has 0 saturated heterocycles. The molecule has 2 atom stereocenters. The number of rotatable bonds is 6. The Morgan fingerprint density at radius 1 is 1.20 bits per heavy atom. The molecule has 0 unspecified atom stereocenters. The number of ether oxygens (including phenoxy) is 2. The van der Waals surface area contributed by atoms with E-state index in [-0.39, 0.29) is 5.91 Å². The summed E-state index contributed by atoms with van der Waals surface area (Å²) >= 11 is 0. The molecule has 7 heteroatoms. The molecule has 0 aliphatic carbocycles. The Labute approximate surface area is 152 Å². The summed E-state index contributed by atoms with van der Waals surface area (Å²) in [5.41, 5.74) is 0.721. The number of carbonyl (C=O) groups is 1. The zero-order valence-electron chi connectivity index (χ0n) is 15.6. The molecule has 0 saturated carbocycles. The van der Waals surface area contributed by atoms with Crippen LogP contribution < -0.4 is 14.2 Å². The smallest absolute Gasteiger partial charge is 0.245 e. The summed E-state index contributed by atoms with van der Waals surface area (Å²) in [5.74, 6) is 1.18. The summed E-state index contributed by atoms with van der Waals surface area (Å²) in [6, 6.07) is 4.73. The van der Waals surface area contributed by atoms with Crippen molar-refractivity contribution in [3.63, 3.8) is 0 Å². The molecule has 0 radical (unpaired) electrons. The van der Waals surface area contributed by atoms with Crippen molar-refractivity contribution in [1.29, 1.82) is 0 Å². The van der Waals surface area contributed by atoms with Crippen LogP contribution in [0.15, 0.2) is 18.2 Å². The van der Waals surface area contributed by atoms with Crippen molar-refractivity contribution in [2.24, 2.45) is 0 Å². The first kappa shape index (κ1) is 19.7. The maximum absolute atomic E-state index is 13.0. The largest absolute Gasteiger partial charge is 0.486 e. The van der Waals surface area contributed by atoms with Crippen molar-refractivity contribution in [2.45, 2.75) is 45.4 Å². The number of amides is 1. The third-order valence-corrected chi connectivity index (χ3v) is 5.56. The van der Waals surface area contributed by atoms with Crippen LogP contribution in [0.5, 0.6) is 11.5 Å². The zero-order chi connectivity index (χ0) is 18.6. The van der Waals surface area contributed by atoms with Gasteiger partial charge in [0.05, 0.1) is 15.7 Å². The van der Waals surface area contributed by atoms with E-state index in [0.717, 1.165) is 5.56 Å². The Balaban J connectivity index is 2.36. The highest BCUT2D eigenvalue weighted by Gasteiger charge is 2.31. The van der Waals surface area contributed by atoms with Gasteiger partial charge in [-0.3, -0.25) is 4.79 Å². The first-order valence-corrected chi connectivity index (χ1v) is 9.79. The van der Waals surface area contributed by atoms with Gasteiger partial charge in [-0.2, -0.15) is 0 Å². The molecule has 1 heterocycles.